The quantitative estimate of drug-likeness (QED) is 0.926. The van der Waals surface area contributed by atoms with Crippen LogP contribution in [0.3, 0.4) is 0 Å². The average Bonchev–Trinajstić information content (AvgIpc) is 2.84. The third-order valence-corrected chi connectivity index (χ3v) is 3.96. The fourth-order valence-electron chi connectivity index (χ4n) is 2.84. The van der Waals surface area contributed by atoms with Crippen LogP contribution in [0.4, 0.5) is 0 Å². The molecule has 0 unspecified atom stereocenters. The molecule has 1 aromatic heterocycles. The first kappa shape index (κ1) is 13.3. The maximum atomic E-state index is 5.63. The Morgan fingerprint density at radius 1 is 1.25 bits per heavy atom. The number of methoxy groups -OCH3 is 1. The maximum absolute atomic E-state index is 5.63. The van der Waals surface area contributed by atoms with E-state index in [0.29, 0.717) is 0 Å². The Kier molecular flexibility index (Phi) is 3.81. The summed E-state index contributed by atoms with van der Waals surface area (Å²) in [6, 6.07) is 13.0. The van der Waals surface area contributed by atoms with Gasteiger partial charge in [0.25, 0.3) is 0 Å². The molecule has 1 aliphatic rings. The lowest BCUT2D eigenvalue weighted by Gasteiger charge is -2.20. The predicted octanol–water partition coefficient (Wildman–Crippen LogP) is 2.79. The summed E-state index contributed by atoms with van der Waals surface area (Å²) in [7, 11) is 1.79. The maximum Gasteiger partial charge on any atom is 0.0806 e. The number of fused-ring (bicyclic) bond motifs is 1. The van der Waals surface area contributed by atoms with E-state index in [1.54, 1.807) is 7.11 Å². The Morgan fingerprint density at radius 2 is 2.10 bits per heavy atom. The van der Waals surface area contributed by atoms with Crippen LogP contribution in [0.1, 0.15) is 28.4 Å². The molecule has 0 bridgehead atoms. The van der Waals surface area contributed by atoms with Crippen molar-refractivity contribution >= 4 is 0 Å². The largest absolute Gasteiger partial charge is 0.379 e. The van der Waals surface area contributed by atoms with Gasteiger partial charge in [-0.25, -0.2) is 0 Å². The second-order valence-electron chi connectivity index (χ2n) is 5.36. The summed E-state index contributed by atoms with van der Waals surface area (Å²) < 4.78 is 5.63. The lowest BCUT2D eigenvalue weighted by Crippen LogP contribution is -2.30. The van der Waals surface area contributed by atoms with E-state index in [2.05, 4.69) is 53.6 Å². The second kappa shape index (κ2) is 5.73. The Balaban J connectivity index is 1.74. The molecule has 2 aromatic rings. The first-order chi connectivity index (χ1) is 9.78. The molecular weight excluding hydrogens is 248 g/mol. The van der Waals surface area contributed by atoms with Gasteiger partial charge in [-0.3, -0.25) is 4.98 Å². The molecular formula is C17H20N2O. The zero-order chi connectivity index (χ0) is 13.9. The molecule has 1 aliphatic carbocycles. The van der Waals surface area contributed by atoms with Crippen LogP contribution >= 0.6 is 0 Å². The average molecular weight is 268 g/mol. The van der Waals surface area contributed by atoms with E-state index in [9.17, 15) is 0 Å². The molecule has 1 aromatic carbocycles. The van der Waals surface area contributed by atoms with E-state index in [-0.39, 0.29) is 12.1 Å². The van der Waals surface area contributed by atoms with Crippen molar-refractivity contribution in [1.82, 2.24) is 10.3 Å². The van der Waals surface area contributed by atoms with E-state index in [4.69, 9.17) is 4.74 Å². The monoisotopic (exact) mass is 268 g/mol. The van der Waals surface area contributed by atoms with Crippen LogP contribution in [0.15, 0.2) is 42.6 Å². The minimum absolute atomic E-state index is 0.206. The normalized spacial score (nSPS) is 20.9. The van der Waals surface area contributed by atoms with Crippen LogP contribution in [0.2, 0.25) is 0 Å². The van der Waals surface area contributed by atoms with Gasteiger partial charge in [0.05, 0.1) is 17.8 Å². The van der Waals surface area contributed by atoms with Crippen molar-refractivity contribution in [1.29, 1.82) is 0 Å². The lowest BCUT2D eigenvalue weighted by atomic mass is 10.1. The zero-order valence-corrected chi connectivity index (χ0v) is 12.0. The molecule has 3 heteroatoms. The molecule has 0 saturated carbocycles. The summed E-state index contributed by atoms with van der Waals surface area (Å²) in [6.45, 7) is 2.82. The molecule has 104 valence electrons. The van der Waals surface area contributed by atoms with Crippen molar-refractivity contribution in [2.24, 2.45) is 0 Å². The predicted molar refractivity (Wildman–Crippen MR) is 79.5 cm³/mol. The van der Waals surface area contributed by atoms with Crippen molar-refractivity contribution in [3.05, 3.63) is 65.0 Å². The molecule has 0 radical (unpaired) electrons. The minimum Gasteiger partial charge on any atom is -0.379 e. The Bertz CT molecular complexity index is 580. The van der Waals surface area contributed by atoms with Gasteiger partial charge in [-0.15, -0.1) is 0 Å². The molecule has 3 rings (SSSR count). The van der Waals surface area contributed by atoms with Gasteiger partial charge in [0, 0.05) is 26.3 Å². The van der Waals surface area contributed by atoms with Crippen LogP contribution < -0.4 is 5.32 Å². The summed E-state index contributed by atoms with van der Waals surface area (Å²) >= 11 is 0. The number of ether oxygens (including phenoxy) is 1. The van der Waals surface area contributed by atoms with Crippen LogP contribution in [-0.2, 0) is 17.7 Å². The van der Waals surface area contributed by atoms with Gasteiger partial charge >= 0.3 is 0 Å². The fourth-order valence-corrected chi connectivity index (χ4v) is 2.84. The molecule has 2 atom stereocenters. The molecule has 0 amide bonds. The highest BCUT2D eigenvalue weighted by molar-refractivity contribution is 5.36. The SMILES string of the molecule is CO[C@H]1Cc2ccccc2[C@@H]1NCc1ccc(C)cn1. The van der Waals surface area contributed by atoms with Crippen LogP contribution in [-0.4, -0.2) is 18.2 Å². The van der Waals surface area contributed by atoms with Crippen molar-refractivity contribution in [2.45, 2.75) is 32.0 Å². The van der Waals surface area contributed by atoms with Gasteiger partial charge in [-0.2, -0.15) is 0 Å². The van der Waals surface area contributed by atoms with Gasteiger partial charge in [0.1, 0.15) is 0 Å². The van der Waals surface area contributed by atoms with Crippen molar-refractivity contribution in [2.75, 3.05) is 7.11 Å². The number of rotatable bonds is 4. The third kappa shape index (κ3) is 2.60. The van der Waals surface area contributed by atoms with Crippen molar-refractivity contribution < 1.29 is 4.74 Å². The molecule has 20 heavy (non-hydrogen) atoms. The number of aryl methyl sites for hydroxylation is 1. The van der Waals surface area contributed by atoms with E-state index in [1.165, 1.54) is 16.7 Å². The van der Waals surface area contributed by atoms with Gasteiger partial charge in [0.15, 0.2) is 0 Å². The minimum atomic E-state index is 0.206. The first-order valence-electron chi connectivity index (χ1n) is 7.03. The standard InChI is InChI=1S/C17H20N2O/c1-12-7-8-14(18-10-12)11-19-17-15-6-4-3-5-13(15)9-16(17)20-2/h3-8,10,16-17,19H,9,11H2,1-2H3/t16-,17-/m0/s1. The number of nitrogens with one attached hydrogen (secondary N) is 1. The fraction of sp³-hybridized carbons (Fsp3) is 0.353. The Hall–Kier alpha value is -1.71. The van der Waals surface area contributed by atoms with Gasteiger partial charge < -0.3 is 10.1 Å². The highest BCUT2D eigenvalue weighted by Gasteiger charge is 2.31. The molecule has 0 aliphatic heterocycles. The first-order valence-corrected chi connectivity index (χ1v) is 7.03. The third-order valence-electron chi connectivity index (χ3n) is 3.96. The molecule has 3 nitrogen and oxygen atoms in total. The number of pyridine rings is 1. The zero-order valence-electron chi connectivity index (χ0n) is 12.0. The van der Waals surface area contributed by atoms with E-state index in [1.807, 2.05) is 6.20 Å². The second-order valence-corrected chi connectivity index (χ2v) is 5.36. The van der Waals surface area contributed by atoms with Crippen LogP contribution in [0.25, 0.3) is 0 Å². The Morgan fingerprint density at radius 3 is 2.85 bits per heavy atom. The van der Waals surface area contributed by atoms with Crippen LogP contribution in [0.5, 0.6) is 0 Å². The summed E-state index contributed by atoms with van der Waals surface area (Å²) in [5.74, 6) is 0. The number of hydrogen-bond donors (Lipinski definition) is 1. The van der Waals surface area contributed by atoms with Gasteiger partial charge in [-0.05, 0) is 29.7 Å². The van der Waals surface area contributed by atoms with Crippen molar-refractivity contribution in [3.8, 4) is 0 Å². The molecule has 1 heterocycles. The number of benzene rings is 1. The number of hydrogen-bond acceptors (Lipinski definition) is 3. The smallest absolute Gasteiger partial charge is 0.0806 e. The molecule has 0 spiro atoms. The van der Waals surface area contributed by atoms with Crippen molar-refractivity contribution in [3.63, 3.8) is 0 Å². The summed E-state index contributed by atoms with van der Waals surface area (Å²) in [5.41, 5.74) is 4.99. The van der Waals surface area contributed by atoms with E-state index >= 15 is 0 Å². The highest BCUT2D eigenvalue weighted by atomic mass is 16.5. The van der Waals surface area contributed by atoms with E-state index < -0.39 is 0 Å². The molecule has 0 fully saturated rings. The number of aromatic nitrogens is 1. The summed E-state index contributed by atoms with van der Waals surface area (Å²) in [5, 5.41) is 3.59. The topological polar surface area (TPSA) is 34.1 Å². The van der Waals surface area contributed by atoms with E-state index in [0.717, 1.165) is 18.7 Å². The molecule has 1 N–H and O–H groups in total. The summed E-state index contributed by atoms with van der Waals surface area (Å²) in [6.07, 6.45) is 3.09. The van der Waals surface area contributed by atoms with Gasteiger partial charge in [-0.1, -0.05) is 30.3 Å². The Labute approximate surface area is 120 Å². The molecule has 0 saturated heterocycles. The highest BCUT2D eigenvalue weighted by Crippen LogP contribution is 2.33. The van der Waals surface area contributed by atoms with Crippen LogP contribution in [0, 0.1) is 6.92 Å². The van der Waals surface area contributed by atoms with Gasteiger partial charge in [0.2, 0.25) is 0 Å². The summed E-state index contributed by atoms with van der Waals surface area (Å²) in [4.78, 5) is 4.44. The number of nitrogens with zero attached hydrogens (tertiary/aromatic N) is 1. The lowest BCUT2D eigenvalue weighted by molar-refractivity contribution is 0.0783.